The SMILES string of the molecule is CC(Sc1nnc(NCc2ccc(F)cc2)s1)c1nnc(-c2ccc([N+](=O)[O-])cc2)o1. The number of benzene rings is 2. The lowest BCUT2D eigenvalue weighted by Gasteiger charge is -2.03. The van der Waals surface area contributed by atoms with Gasteiger partial charge in [0.2, 0.25) is 16.9 Å². The number of anilines is 1. The molecule has 0 spiro atoms. The zero-order valence-corrected chi connectivity index (χ0v) is 17.7. The quantitative estimate of drug-likeness (QED) is 0.218. The van der Waals surface area contributed by atoms with Crippen LogP contribution in [0.3, 0.4) is 0 Å². The van der Waals surface area contributed by atoms with Gasteiger partial charge in [0.1, 0.15) is 5.82 Å². The smallest absolute Gasteiger partial charge is 0.269 e. The van der Waals surface area contributed by atoms with Gasteiger partial charge in [-0.05, 0) is 36.8 Å². The number of hydrogen-bond donors (Lipinski definition) is 1. The normalized spacial score (nSPS) is 11.9. The number of rotatable bonds is 8. The number of halogens is 1. The maximum Gasteiger partial charge on any atom is 0.269 e. The lowest BCUT2D eigenvalue weighted by atomic mass is 10.2. The molecule has 0 fully saturated rings. The minimum atomic E-state index is -0.466. The maximum atomic E-state index is 13.0. The Morgan fingerprint density at radius 1 is 1.13 bits per heavy atom. The summed E-state index contributed by atoms with van der Waals surface area (Å²) in [6, 6.07) is 12.1. The summed E-state index contributed by atoms with van der Waals surface area (Å²) in [5.74, 6) is 0.427. The molecular weight excluding hydrogens is 443 g/mol. The highest BCUT2D eigenvalue weighted by molar-refractivity contribution is 8.01. The van der Waals surface area contributed by atoms with Crippen molar-refractivity contribution < 1.29 is 13.7 Å². The average molecular weight is 459 g/mol. The molecule has 9 nitrogen and oxygen atoms in total. The standard InChI is InChI=1S/C19H15FN6O3S2/c1-11(16-22-23-17(29-16)13-4-8-15(9-5-13)26(27)28)30-19-25-24-18(31-19)21-10-12-2-6-14(20)7-3-12/h2-9,11H,10H2,1H3,(H,21,24). The predicted octanol–water partition coefficient (Wildman–Crippen LogP) is 5.10. The van der Waals surface area contributed by atoms with E-state index in [0.29, 0.717) is 23.1 Å². The lowest BCUT2D eigenvalue weighted by molar-refractivity contribution is -0.384. The second-order valence-corrected chi connectivity index (χ2v) is 8.93. The van der Waals surface area contributed by atoms with Gasteiger partial charge in [-0.3, -0.25) is 10.1 Å². The van der Waals surface area contributed by atoms with E-state index in [4.69, 9.17) is 4.42 Å². The molecule has 0 aliphatic carbocycles. The molecule has 0 aliphatic rings. The lowest BCUT2D eigenvalue weighted by Crippen LogP contribution is -1.98. The number of nitro benzene ring substituents is 1. The Morgan fingerprint density at radius 3 is 2.58 bits per heavy atom. The van der Waals surface area contributed by atoms with E-state index in [0.717, 1.165) is 9.90 Å². The Morgan fingerprint density at radius 2 is 1.87 bits per heavy atom. The summed E-state index contributed by atoms with van der Waals surface area (Å²) in [4.78, 5) is 10.3. The van der Waals surface area contributed by atoms with E-state index in [-0.39, 0.29) is 22.6 Å². The van der Waals surface area contributed by atoms with Crippen LogP contribution in [0.5, 0.6) is 0 Å². The van der Waals surface area contributed by atoms with Crippen molar-refractivity contribution in [2.45, 2.75) is 23.1 Å². The van der Waals surface area contributed by atoms with E-state index in [9.17, 15) is 14.5 Å². The number of nitro groups is 1. The fourth-order valence-electron chi connectivity index (χ4n) is 2.55. The van der Waals surface area contributed by atoms with E-state index in [1.165, 1.54) is 47.4 Å². The minimum absolute atomic E-state index is 0.00692. The molecule has 4 aromatic rings. The molecule has 0 amide bonds. The fourth-order valence-corrected chi connectivity index (χ4v) is 4.47. The zero-order valence-electron chi connectivity index (χ0n) is 16.1. The summed E-state index contributed by atoms with van der Waals surface area (Å²) >= 11 is 2.81. The van der Waals surface area contributed by atoms with Crippen LogP contribution in [0.4, 0.5) is 15.2 Å². The monoisotopic (exact) mass is 458 g/mol. The Balaban J connectivity index is 1.36. The molecule has 0 saturated carbocycles. The highest BCUT2D eigenvalue weighted by Gasteiger charge is 2.19. The number of nitrogens with zero attached hydrogens (tertiary/aromatic N) is 5. The first kappa shape index (κ1) is 20.9. The van der Waals surface area contributed by atoms with Gasteiger partial charge in [-0.25, -0.2) is 4.39 Å². The second kappa shape index (κ2) is 9.18. The Labute approximate surface area is 183 Å². The van der Waals surface area contributed by atoms with E-state index in [1.54, 1.807) is 24.3 Å². The van der Waals surface area contributed by atoms with Gasteiger partial charge < -0.3 is 9.73 Å². The van der Waals surface area contributed by atoms with Crippen molar-refractivity contribution >= 4 is 33.9 Å². The van der Waals surface area contributed by atoms with E-state index < -0.39 is 4.92 Å². The maximum absolute atomic E-state index is 13.0. The highest BCUT2D eigenvalue weighted by atomic mass is 32.2. The largest absolute Gasteiger partial charge is 0.419 e. The van der Waals surface area contributed by atoms with Gasteiger partial charge in [0.15, 0.2) is 4.34 Å². The van der Waals surface area contributed by atoms with E-state index in [1.807, 2.05) is 6.92 Å². The van der Waals surface area contributed by atoms with Crippen molar-refractivity contribution in [1.29, 1.82) is 0 Å². The Bertz CT molecular complexity index is 1180. The molecule has 12 heteroatoms. The van der Waals surface area contributed by atoms with Crippen LogP contribution in [-0.4, -0.2) is 25.3 Å². The molecule has 0 bridgehead atoms. The molecule has 2 heterocycles. The van der Waals surface area contributed by atoms with Gasteiger partial charge in [-0.15, -0.1) is 20.4 Å². The van der Waals surface area contributed by atoms with Crippen molar-refractivity contribution in [2.24, 2.45) is 0 Å². The summed E-state index contributed by atoms with van der Waals surface area (Å²) in [6.07, 6.45) is 0. The topological polar surface area (TPSA) is 120 Å². The third-order valence-corrected chi connectivity index (χ3v) is 6.21. The number of nitrogens with one attached hydrogen (secondary N) is 1. The highest BCUT2D eigenvalue weighted by Crippen LogP contribution is 2.37. The van der Waals surface area contributed by atoms with Gasteiger partial charge >= 0.3 is 0 Å². The van der Waals surface area contributed by atoms with Gasteiger partial charge in [-0.2, -0.15) is 0 Å². The predicted molar refractivity (Wildman–Crippen MR) is 114 cm³/mol. The number of non-ortho nitro benzene ring substituents is 1. The first-order valence-electron chi connectivity index (χ1n) is 9.04. The summed E-state index contributed by atoms with van der Waals surface area (Å²) in [7, 11) is 0. The molecule has 0 radical (unpaired) electrons. The molecule has 1 N–H and O–H groups in total. The van der Waals surface area contributed by atoms with Crippen LogP contribution in [0.1, 0.15) is 23.6 Å². The summed E-state index contributed by atoms with van der Waals surface area (Å²) in [6.45, 7) is 2.42. The van der Waals surface area contributed by atoms with Gasteiger partial charge in [-0.1, -0.05) is 35.2 Å². The van der Waals surface area contributed by atoms with Gasteiger partial charge in [0.05, 0.1) is 10.2 Å². The summed E-state index contributed by atoms with van der Waals surface area (Å²) in [5, 5.41) is 30.8. The van der Waals surface area contributed by atoms with Crippen LogP contribution >= 0.6 is 23.1 Å². The molecule has 0 saturated heterocycles. The molecular formula is C19H15FN6O3S2. The van der Waals surface area contributed by atoms with E-state index >= 15 is 0 Å². The minimum Gasteiger partial charge on any atom is -0.419 e. The zero-order chi connectivity index (χ0) is 21.8. The van der Waals surface area contributed by atoms with Crippen LogP contribution in [0.15, 0.2) is 57.3 Å². The summed E-state index contributed by atoms with van der Waals surface area (Å²) in [5.41, 5.74) is 1.53. The van der Waals surface area contributed by atoms with Crippen LogP contribution < -0.4 is 5.32 Å². The second-order valence-electron chi connectivity index (χ2n) is 6.36. The van der Waals surface area contributed by atoms with Crippen molar-refractivity contribution in [3.05, 3.63) is 75.9 Å². The van der Waals surface area contributed by atoms with Crippen molar-refractivity contribution in [3.8, 4) is 11.5 Å². The first-order chi connectivity index (χ1) is 15.0. The van der Waals surface area contributed by atoms with Gasteiger partial charge in [0, 0.05) is 24.2 Å². The molecule has 2 aromatic carbocycles. The molecule has 2 aromatic heterocycles. The third kappa shape index (κ3) is 5.22. The van der Waals surface area contributed by atoms with Crippen LogP contribution in [0.25, 0.3) is 11.5 Å². The number of thioether (sulfide) groups is 1. The van der Waals surface area contributed by atoms with Crippen molar-refractivity contribution in [3.63, 3.8) is 0 Å². The molecule has 4 rings (SSSR count). The Hall–Kier alpha value is -3.38. The van der Waals surface area contributed by atoms with Gasteiger partial charge in [0.25, 0.3) is 5.69 Å². The first-order valence-corrected chi connectivity index (χ1v) is 10.7. The average Bonchev–Trinajstić information content (AvgIpc) is 3.43. The molecule has 31 heavy (non-hydrogen) atoms. The van der Waals surface area contributed by atoms with Crippen LogP contribution in [0, 0.1) is 15.9 Å². The molecule has 0 aliphatic heterocycles. The molecule has 1 atom stereocenters. The molecule has 158 valence electrons. The van der Waals surface area contributed by atoms with Crippen LogP contribution in [-0.2, 0) is 6.54 Å². The van der Waals surface area contributed by atoms with E-state index in [2.05, 4.69) is 25.7 Å². The Kier molecular flexibility index (Phi) is 6.18. The van der Waals surface area contributed by atoms with Crippen molar-refractivity contribution in [1.82, 2.24) is 20.4 Å². The number of aromatic nitrogens is 4. The fraction of sp³-hybridized carbons (Fsp3) is 0.158. The summed E-state index contributed by atoms with van der Waals surface area (Å²) < 4.78 is 19.4. The molecule has 1 unspecified atom stereocenters. The van der Waals surface area contributed by atoms with Crippen LogP contribution in [0.2, 0.25) is 0 Å². The van der Waals surface area contributed by atoms with Crippen molar-refractivity contribution in [2.75, 3.05) is 5.32 Å². The third-order valence-electron chi connectivity index (χ3n) is 4.15. The number of hydrogen-bond acceptors (Lipinski definition) is 10.